The highest BCUT2D eigenvalue weighted by Gasteiger charge is 2.55. The summed E-state index contributed by atoms with van der Waals surface area (Å²) < 4.78 is 12.0. The Hall–Kier alpha value is -0.380. The molecule has 1 N–H and O–H groups in total. The molecule has 0 aromatic carbocycles. The lowest BCUT2D eigenvalue weighted by Crippen LogP contribution is -2.46. The Morgan fingerprint density at radius 1 is 1.00 bits per heavy atom. The van der Waals surface area contributed by atoms with Crippen LogP contribution in [0.1, 0.15) is 64.7 Å². The van der Waals surface area contributed by atoms with E-state index in [4.69, 9.17) is 9.47 Å². The zero-order valence-corrected chi connectivity index (χ0v) is 14.4. The molecule has 5 aliphatic rings. The average molecular weight is 318 g/mol. The zero-order valence-electron chi connectivity index (χ0n) is 14.4. The molecule has 3 fully saturated rings. The number of hydrogen-bond donors (Lipinski definition) is 1. The maximum absolute atomic E-state index is 10.5. The van der Waals surface area contributed by atoms with Gasteiger partial charge in [0.15, 0.2) is 5.79 Å². The van der Waals surface area contributed by atoms with Crippen molar-refractivity contribution in [1.82, 2.24) is 0 Å². The largest absolute Gasteiger partial charge is 0.393 e. The molecule has 5 atom stereocenters. The van der Waals surface area contributed by atoms with Crippen LogP contribution in [0.25, 0.3) is 0 Å². The fourth-order valence-corrected chi connectivity index (χ4v) is 6.90. The van der Waals surface area contributed by atoms with Crippen molar-refractivity contribution in [2.75, 3.05) is 13.2 Å². The van der Waals surface area contributed by atoms with Crippen LogP contribution in [0, 0.1) is 23.2 Å². The lowest BCUT2D eigenvalue weighted by atomic mass is 9.54. The van der Waals surface area contributed by atoms with Crippen molar-refractivity contribution >= 4 is 0 Å². The van der Waals surface area contributed by atoms with E-state index in [1.54, 1.807) is 11.1 Å². The third-order valence-corrected chi connectivity index (χ3v) is 8.14. The van der Waals surface area contributed by atoms with Gasteiger partial charge in [0.05, 0.1) is 19.3 Å². The van der Waals surface area contributed by atoms with Gasteiger partial charge in [-0.15, -0.1) is 0 Å². The van der Waals surface area contributed by atoms with Gasteiger partial charge < -0.3 is 14.6 Å². The number of fused-ring (bicyclic) bond motifs is 4. The van der Waals surface area contributed by atoms with Crippen LogP contribution in [0.5, 0.6) is 0 Å². The monoisotopic (exact) mass is 318 g/mol. The van der Waals surface area contributed by atoms with E-state index in [9.17, 15) is 5.11 Å². The van der Waals surface area contributed by atoms with Crippen molar-refractivity contribution in [2.24, 2.45) is 23.2 Å². The molecule has 0 aromatic heterocycles. The van der Waals surface area contributed by atoms with Crippen LogP contribution in [-0.2, 0) is 9.47 Å². The van der Waals surface area contributed by atoms with Crippen molar-refractivity contribution in [1.29, 1.82) is 0 Å². The molecule has 0 radical (unpaired) electrons. The van der Waals surface area contributed by atoms with Crippen LogP contribution >= 0.6 is 0 Å². The van der Waals surface area contributed by atoms with Crippen LogP contribution in [0.4, 0.5) is 0 Å². The Morgan fingerprint density at radius 3 is 2.65 bits per heavy atom. The van der Waals surface area contributed by atoms with Crippen molar-refractivity contribution in [3.63, 3.8) is 0 Å². The quantitative estimate of drug-likeness (QED) is 0.690. The number of ether oxygens (including phenoxy) is 2. The highest BCUT2D eigenvalue weighted by Crippen LogP contribution is 2.61. The maximum Gasteiger partial charge on any atom is 0.172 e. The van der Waals surface area contributed by atoms with Gasteiger partial charge in [0, 0.05) is 12.8 Å². The highest BCUT2D eigenvalue weighted by molar-refractivity contribution is 5.28. The molecule has 1 saturated heterocycles. The summed E-state index contributed by atoms with van der Waals surface area (Å²) in [6, 6.07) is 0. The smallest absolute Gasteiger partial charge is 0.172 e. The molecule has 1 spiro atoms. The minimum absolute atomic E-state index is 0.0567. The third-order valence-electron chi connectivity index (χ3n) is 8.14. The summed E-state index contributed by atoms with van der Waals surface area (Å²) in [6.45, 7) is 3.91. The fraction of sp³-hybridized carbons (Fsp3) is 0.900. The molecule has 4 aliphatic carbocycles. The first kappa shape index (κ1) is 14.9. The summed E-state index contributed by atoms with van der Waals surface area (Å²) in [7, 11) is 0. The van der Waals surface area contributed by atoms with Crippen LogP contribution < -0.4 is 0 Å². The molecule has 5 unspecified atom stereocenters. The Labute approximate surface area is 139 Å². The summed E-state index contributed by atoms with van der Waals surface area (Å²) in [4.78, 5) is 0. The van der Waals surface area contributed by atoms with Crippen molar-refractivity contribution in [3.8, 4) is 0 Å². The average Bonchev–Trinajstić information content (AvgIpc) is 3.12. The van der Waals surface area contributed by atoms with E-state index in [-0.39, 0.29) is 17.3 Å². The molecule has 1 aliphatic heterocycles. The second-order valence-electron chi connectivity index (χ2n) is 8.97. The van der Waals surface area contributed by atoms with Crippen LogP contribution in [-0.4, -0.2) is 30.2 Å². The van der Waals surface area contributed by atoms with E-state index in [2.05, 4.69) is 6.92 Å². The molecule has 0 amide bonds. The molecule has 5 rings (SSSR count). The Balaban J connectivity index is 1.42. The van der Waals surface area contributed by atoms with Gasteiger partial charge in [-0.05, 0) is 68.1 Å². The van der Waals surface area contributed by atoms with Gasteiger partial charge in [0.2, 0.25) is 0 Å². The fourth-order valence-electron chi connectivity index (χ4n) is 6.90. The molecule has 2 saturated carbocycles. The number of aliphatic hydroxyl groups is 1. The van der Waals surface area contributed by atoms with E-state index in [1.807, 2.05) is 0 Å². The summed E-state index contributed by atoms with van der Waals surface area (Å²) in [5.41, 5.74) is 3.64. The molecule has 1 heterocycles. The van der Waals surface area contributed by atoms with Gasteiger partial charge in [-0.25, -0.2) is 0 Å². The minimum Gasteiger partial charge on any atom is -0.393 e. The van der Waals surface area contributed by atoms with Crippen molar-refractivity contribution < 1.29 is 14.6 Å². The summed E-state index contributed by atoms with van der Waals surface area (Å²) in [5, 5.41) is 10.5. The first-order chi connectivity index (χ1) is 11.1. The lowest BCUT2D eigenvalue weighted by Gasteiger charge is -2.52. The van der Waals surface area contributed by atoms with E-state index in [0.29, 0.717) is 0 Å². The van der Waals surface area contributed by atoms with E-state index in [0.717, 1.165) is 50.2 Å². The third kappa shape index (κ3) is 2.06. The number of rotatable bonds is 0. The predicted molar refractivity (Wildman–Crippen MR) is 87.8 cm³/mol. The van der Waals surface area contributed by atoms with Crippen LogP contribution in [0.15, 0.2) is 11.1 Å². The Kier molecular flexibility index (Phi) is 3.28. The second-order valence-corrected chi connectivity index (χ2v) is 8.97. The van der Waals surface area contributed by atoms with Gasteiger partial charge in [0.1, 0.15) is 0 Å². The molecule has 128 valence electrons. The Morgan fingerprint density at radius 2 is 1.83 bits per heavy atom. The standard InChI is InChI=1S/C20H30O3/c1-19-8-6-15-14-7-9-20(22-10-11-23-20)12-13(14)2-3-16(15)17(19)4-5-18(19)21/h15-18,21H,2-12H2,1H3. The highest BCUT2D eigenvalue weighted by atomic mass is 16.7. The minimum atomic E-state index is -0.265. The van der Waals surface area contributed by atoms with Crippen molar-refractivity contribution in [3.05, 3.63) is 11.1 Å². The van der Waals surface area contributed by atoms with Gasteiger partial charge in [0.25, 0.3) is 0 Å². The van der Waals surface area contributed by atoms with E-state index < -0.39 is 0 Å². The maximum atomic E-state index is 10.5. The molecule has 3 nitrogen and oxygen atoms in total. The van der Waals surface area contributed by atoms with Crippen LogP contribution in [0.2, 0.25) is 0 Å². The van der Waals surface area contributed by atoms with E-state index >= 15 is 0 Å². The molecule has 23 heavy (non-hydrogen) atoms. The van der Waals surface area contributed by atoms with Crippen molar-refractivity contribution in [2.45, 2.75) is 76.6 Å². The number of aliphatic hydroxyl groups excluding tert-OH is 1. The molecule has 0 bridgehead atoms. The normalized spacial score (nSPS) is 48.3. The summed E-state index contributed by atoms with van der Waals surface area (Å²) in [5.74, 6) is 2.10. The molecule has 3 heteroatoms. The topological polar surface area (TPSA) is 38.7 Å². The lowest BCUT2D eigenvalue weighted by molar-refractivity contribution is -0.166. The summed E-state index contributed by atoms with van der Waals surface area (Å²) >= 11 is 0. The zero-order chi connectivity index (χ0) is 15.7. The molecular formula is C20H30O3. The Bertz CT molecular complexity index is 533. The molecular weight excluding hydrogens is 288 g/mol. The number of allylic oxidation sites excluding steroid dienone is 1. The van der Waals surface area contributed by atoms with Gasteiger partial charge >= 0.3 is 0 Å². The first-order valence-corrected chi connectivity index (χ1v) is 9.78. The SMILES string of the molecule is CC12CCC3C4=C(CCC3C1CCC2O)CC1(CC4)OCCO1. The first-order valence-electron chi connectivity index (χ1n) is 9.78. The predicted octanol–water partition coefficient (Wildman–Crippen LogP) is 3.81. The molecule has 0 aromatic rings. The number of hydrogen-bond acceptors (Lipinski definition) is 3. The van der Waals surface area contributed by atoms with Gasteiger partial charge in [-0.3, -0.25) is 0 Å². The summed E-state index contributed by atoms with van der Waals surface area (Å²) in [6.07, 6.45) is 10.6. The van der Waals surface area contributed by atoms with Gasteiger partial charge in [-0.1, -0.05) is 18.1 Å². The van der Waals surface area contributed by atoms with Crippen LogP contribution in [0.3, 0.4) is 0 Å². The van der Waals surface area contributed by atoms with E-state index in [1.165, 1.54) is 38.5 Å². The second kappa shape index (κ2) is 5.06. The van der Waals surface area contributed by atoms with Gasteiger partial charge in [-0.2, -0.15) is 0 Å².